The van der Waals surface area contributed by atoms with Crippen molar-refractivity contribution in [3.8, 4) is 0 Å². The van der Waals surface area contributed by atoms with Crippen molar-refractivity contribution in [1.29, 1.82) is 0 Å². The Morgan fingerprint density at radius 2 is 2.50 bits per heavy atom. The summed E-state index contributed by atoms with van der Waals surface area (Å²) < 4.78 is 7.58. The van der Waals surface area contributed by atoms with Crippen LogP contribution in [0.4, 0.5) is 0 Å². The van der Waals surface area contributed by atoms with E-state index in [1.54, 1.807) is 6.20 Å². The molecule has 0 amide bonds. The lowest BCUT2D eigenvalue weighted by Gasteiger charge is -2.12. The van der Waals surface area contributed by atoms with Gasteiger partial charge in [0.2, 0.25) is 0 Å². The molecule has 0 bridgehead atoms. The number of hydrogen-bond donors (Lipinski definition) is 1. The molecule has 0 aliphatic heterocycles. The van der Waals surface area contributed by atoms with E-state index in [0.717, 1.165) is 5.69 Å². The van der Waals surface area contributed by atoms with Crippen LogP contribution in [0.5, 0.6) is 0 Å². The fourth-order valence-electron chi connectivity index (χ4n) is 1.03. The van der Waals surface area contributed by atoms with Crippen molar-refractivity contribution >= 4 is 28.8 Å². The first-order chi connectivity index (χ1) is 6.77. The highest BCUT2D eigenvalue weighted by atomic mass is 127. The van der Waals surface area contributed by atoms with Gasteiger partial charge in [-0.2, -0.15) is 0 Å². The van der Waals surface area contributed by atoms with E-state index in [1.165, 1.54) is 7.11 Å². The van der Waals surface area contributed by atoms with Crippen LogP contribution in [0, 0.1) is 0 Å². The number of ether oxygens (including phenoxy) is 1. The van der Waals surface area contributed by atoms with E-state index in [1.807, 2.05) is 41.1 Å². The normalized spacial score (nSPS) is 12.1. The van der Waals surface area contributed by atoms with Crippen LogP contribution < -0.4 is 3.53 Å². The van der Waals surface area contributed by atoms with Crippen LogP contribution in [0.2, 0.25) is 0 Å². The summed E-state index contributed by atoms with van der Waals surface area (Å²) in [4.78, 5) is 15.2. The molecule has 0 spiro atoms. The first-order valence-corrected chi connectivity index (χ1v) is 5.19. The summed E-state index contributed by atoms with van der Waals surface area (Å²) in [6.45, 7) is 0. The monoisotopic (exact) mass is 306 g/mol. The molecule has 1 unspecified atom stereocenters. The van der Waals surface area contributed by atoms with E-state index in [2.05, 4.69) is 13.3 Å². The largest absolute Gasteiger partial charge is 0.469 e. The van der Waals surface area contributed by atoms with E-state index in [-0.39, 0.29) is 18.4 Å². The standard InChI is InChI=1S/C9H11IN2O2/c1-14-9(13)6-8(12-10)7-4-2-3-5-11-7/h2-5,8,12H,6H2,1H3. The highest BCUT2D eigenvalue weighted by Crippen LogP contribution is 2.15. The maximum atomic E-state index is 11.1. The molecule has 1 heterocycles. The maximum absolute atomic E-state index is 11.1. The average molecular weight is 306 g/mol. The molecular formula is C9H11IN2O2. The minimum atomic E-state index is -0.246. The number of methoxy groups -OCH3 is 1. The Balaban J connectivity index is 2.68. The van der Waals surface area contributed by atoms with Gasteiger partial charge < -0.3 is 4.74 Å². The third kappa shape index (κ3) is 3.22. The quantitative estimate of drug-likeness (QED) is 0.522. The zero-order valence-corrected chi connectivity index (χ0v) is 9.89. The lowest BCUT2D eigenvalue weighted by Crippen LogP contribution is -2.17. The Kier molecular flexibility index (Phi) is 4.81. The lowest BCUT2D eigenvalue weighted by molar-refractivity contribution is -0.141. The molecule has 0 saturated heterocycles. The molecule has 0 aliphatic rings. The molecule has 0 radical (unpaired) electrons. The van der Waals surface area contributed by atoms with Gasteiger partial charge in [-0.1, -0.05) is 6.07 Å². The number of carbonyl (C=O) groups is 1. The van der Waals surface area contributed by atoms with Crippen LogP contribution >= 0.6 is 22.9 Å². The molecule has 1 rings (SSSR count). The van der Waals surface area contributed by atoms with Crippen molar-refractivity contribution in [2.45, 2.75) is 12.5 Å². The minimum Gasteiger partial charge on any atom is -0.469 e. The Morgan fingerprint density at radius 3 is 3.00 bits per heavy atom. The van der Waals surface area contributed by atoms with Crippen LogP contribution in [-0.2, 0) is 9.53 Å². The Bertz CT molecular complexity index is 292. The molecule has 0 aromatic carbocycles. The number of halogens is 1. The van der Waals surface area contributed by atoms with Crippen molar-refractivity contribution in [3.05, 3.63) is 30.1 Å². The van der Waals surface area contributed by atoms with Gasteiger partial charge in [0.05, 0.1) is 25.3 Å². The van der Waals surface area contributed by atoms with Gasteiger partial charge in [0.1, 0.15) is 0 Å². The van der Waals surface area contributed by atoms with E-state index in [4.69, 9.17) is 0 Å². The predicted octanol–water partition coefficient (Wildman–Crippen LogP) is 1.63. The summed E-state index contributed by atoms with van der Waals surface area (Å²) in [5.74, 6) is -0.246. The number of esters is 1. The van der Waals surface area contributed by atoms with Crippen LogP contribution in [0.25, 0.3) is 0 Å². The van der Waals surface area contributed by atoms with Gasteiger partial charge >= 0.3 is 5.97 Å². The Labute approximate surface area is 96.6 Å². The summed E-state index contributed by atoms with van der Waals surface area (Å²) in [5.41, 5.74) is 0.840. The topological polar surface area (TPSA) is 51.2 Å². The molecule has 76 valence electrons. The number of rotatable bonds is 4. The van der Waals surface area contributed by atoms with Crippen molar-refractivity contribution < 1.29 is 9.53 Å². The molecule has 1 aromatic heterocycles. The third-order valence-electron chi connectivity index (χ3n) is 1.77. The van der Waals surface area contributed by atoms with E-state index >= 15 is 0 Å². The van der Waals surface area contributed by atoms with Crippen molar-refractivity contribution in [3.63, 3.8) is 0 Å². The van der Waals surface area contributed by atoms with Crippen molar-refractivity contribution in [2.24, 2.45) is 0 Å². The van der Waals surface area contributed by atoms with Gasteiger partial charge in [-0.3, -0.25) is 13.3 Å². The molecule has 1 aromatic rings. The van der Waals surface area contributed by atoms with Crippen molar-refractivity contribution in [2.75, 3.05) is 7.11 Å². The van der Waals surface area contributed by atoms with Gasteiger partial charge in [0.15, 0.2) is 0 Å². The lowest BCUT2D eigenvalue weighted by atomic mass is 10.1. The van der Waals surface area contributed by atoms with Gasteiger partial charge in [-0.05, 0) is 12.1 Å². The highest BCUT2D eigenvalue weighted by Gasteiger charge is 2.15. The van der Waals surface area contributed by atoms with Gasteiger partial charge in [-0.15, -0.1) is 0 Å². The van der Waals surface area contributed by atoms with E-state index in [9.17, 15) is 4.79 Å². The molecule has 0 fully saturated rings. The number of hydrogen-bond acceptors (Lipinski definition) is 4. The zero-order chi connectivity index (χ0) is 10.4. The number of carbonyl (C=O) groups excluding carboxylic acids is 1. The number of pyridine rings is 1. The fraction of sp³-hybridized carbons (Fsp3) is 0.333. The first kappa shape index (κ1) is 11.4. The Hall–Kier alpha value is -0.690. The van der Waals surface area contributed by atoms with Gasteiger partial charge in [-0.25, -0.2) is 0 Å². The summed E-state index contributed by atoms with van der Waals surface area (Å²) in [6.07, 6.45) is 1.99. The first-order valence-electron chi connectivity index (χ1n) is 4.12. The zero-order valence-electron chi connectivity index (χ0n) is 7.74. The Morgan fingerprint density at radius 1 is 1.71 bits per heavy atom. The average Bonchev–Trinajstić information content (AvgIpc) is 2.26. The van der Waals surface area contributed by atoms with E-state index < -0.39 is 0 Å². The second-order valence-electron chi connectivity index (χ2n) is 2.70. The van der Waals surface area contributed by atoms with E-state index in [0.29, 0.717) is 0 Å². The van der Waals surface area contributed by atoms with Crippen molar-refractivity contribution in [1.82, 2.24) is 8.51 Å². The number of nitrogens with one attached hydrogen (secondary N) is 1. The second kappa shape index (κ2) is 5.92. The third-order valence-corrected chi connectivity index (χ3v) is 2.53. The molecule has 5 heteroatoms. The molecular weight excluding hydrogens is 295 g/mol. The molecule has 14 heavy (non-hydrogen) atoms. The second-order valence-corrected chi connectivity index (χ2v) is 3.32. The van der Waals surface area contributed by atoms with Crippen LogP contribution in [0.3, 0.4) is 0 Å². The molecule has 0 aliphatic carbocycles. The maximum Gasteiger partial charge on any atom is 0.307 e. The highest BCUT2D eigenvalue weighted by molar-refractivity contribution is 14.1. The van der Waals surface area contributed by atoms with Crippen LogP contribution in [0.1, 0.15) is 18.2 Å². The summed E-state index contributed by atoms with van der Waals surface area (Å²) in [5, 5.41) is 0. The number of nitrogens with zero attached hydrogens (tertiary/aromatic N) is 1. The predicted molar refractivity (Wildman–Crippen MR) is 60.8 cm³/mol. The molecule has 1 atom stereocenters. The molecule has 4 nitrogen and oxygen atoms in total. The fourth-order valence-corrected chi connectivity index (χ4v) is 1.57. The van der Waals surface area contributed by atoms with Gasteiger partial charge in [0.25, 0.3) is 0 Å². The minimum absolute atomic E-state index is 0.0933. The summed E-state index contributed by atoms with van der Waals surface area (Å²) >= 11 is 2.00. The SMILES string of the molecule is COC(=O)CC(NI)c1ccccn1. The number of aromatic nitrogens is 1. The van der Waals surface area contributed by atoms with Gasteiger partial charge in [0, 0.05) is 29.1 Å². The summed E-state index contributed by atoms with van der Waals surface area (Å²) in [6, 6.07) is 5.51. The molecule has 1 N–H and O–H groups in total. The smallest absolute Gasteiger partial charge is 0.307 e. The summed E-state index contributed by atoms with van der Waals surface area (Å²) in [7, 11) is 1.38. The van der Waals surface area contributed by atoms with Crippen LogP contribution in [0.15, 0.2) is 24.4 Å². The molecule has 0 saturated carbocycles. The van der Waals surface area contributed by atoms with Crippen LogP contribution in [-0.4, -0.2) is 18.1 Å².